The minimum absolute atomic E-state index is 0. The van der Waals surface area contributed by atoms with Gasteiger partial charge in [-0.15, -0.1) is 0 Å². The Morgan fingerprint density at radius 3 is 1.44 bits per heavy atom. The van der Waals surface area contributed by atoms with Crippen molar-refractivity contribution in [2.24, 2.45) is 0 Å². The number of hydrogen-bond donors (Lipinski definition) is 0. The Bertz CT molecular complexity index is 5270. The maximum Gasteiger partial charge on any atom is 1.00 e. The van der Waals surface area contributed by atoms with Crippen molar-refractivity contribution in [3.63, 3.8) is 0 Å². The van der Waals surface area contributed by atoms with E-state index < -0.39 is 58.0 Å². The molecule has 8 aromatic carbocycles. The fourth-order valence-electron chi connectivity index (χ4n) is 12.0. The second-order valence-electron chi connectivity index (χ2n) is 24.7. The predicted molar refractivity (Wildman–Crippen MR) is 410 cm³/mol. The van der Waals surface area contributed by atoms with E-state index in [4.69, 9.17) is 32.2 Å². The number of rotatable bonds is 26. The van der Waals surface area contributed by atoms with E-state index >= 15 is 0 Å². The zero-order valence-corrected chi connectivity index (χ0v) is 67.1. The van der Waals surface area contributed by atoms with Crippen molar-refractivity contribution in [2.75, 3.05) is 60.9 Å². The van der Waals surface area contributed by atoms with Gasteiger partial charge in [-0.1, -0.05) is 159 Å². The Balaban J connectivity index is 0.000000225. The number of aryl methyl sites for hydroxylation is 4. The molecule has 0 N–H and O–H groups in total. The van der Waals surface area contributed by atoms with Crippen LogP contribution < -0.4 is 48.3 Å². The molecule has 0 aliphatic carbocycles. The minimum atomic E-state index is -4.41. The number of hydrogen-bond acceptors (Lipinski definition) is 21. The second-order valence-corrected chi connectivity index (χ2v) is 31.0. The van der Waals surface area contributed by atoms with Gasteiger partial charge in [-0.2, -0.15) is 17.6 Å². The first-order valence-corrected chi connectivity index (χ1v) is 41.6. The summed E-state index contributed by atoms with van der Waals surface area (Å²) in [5.41, 5.74) is 14.7. The molecule has 2 aliphatic heterocycles. The van der Waals surface area contributed by atoms with E-state index in [2.05, 4.69) is 33.4 Å². The molecule has 570 valence electrons. The standard InChI is InChI=1S/C37H36N2O8S2.C17H17NO4S.C14H11NO.C9H20O3.C3H6O3S.Na.H/c1-2-27(23-36-38(19-9-21-48(40,41)42)32-25-30(15-17-34(32)46-36)28-11-5-3-6-12-28)24-37-39(20-10-22-49(43,44)45)33-26-31(16-18-35(33)47-37)29-13-7-4-8-14-29;1-13-18(10-5-11-23(19,20)21)16-12-15(8-9-17(16)22-13)14-6-3-2-4-7-14;1-10-15-13-9-12(7-8-14(13)16-10)11-5-3-2-4-6-11;1-5-9(10-6-2,11-7-3)12-8-4;4-7(5)3-1-2-6-7;;/h3-8,11-18,23-26H,2,9-10,19-22H2,1H3,(H-,40,41,42,43,44,45);2-4,6-9,12H,5,10-11H2,1H3;2-9H,1H3;5-8H2,1-4H3;1-3H2;;/q;;;;;+1;-1/p-1/i;;;;;;1+1. The third-order valence-corrected chi connectivity index (χ3v) is 20.6. The Hall–Kier alpha value is -8.23. The van der Waals surface area contributed by atoms with Crippen LogP contribution in [0.1, 0.15) is 92.2 Å². The third-order valence-electron chi connectivity index (χ3n) is 17.0. The van der Waals surface area contributed by atoms with Crippen molar-refractivity contribution in [3.05, 3.63) is 229 Å². The molecule has 108 heavy (non-hydrogen) atoms. The Labute approximate surface area is 655 Å². The van der Waals surface area contributed by atoms with E-state index in [0.717, 1.165) is 72.4 Å². The molecule has 11 aromatic rings. The van der Waals surface area contributed by atoms with Crippen LogP contribution in [0.4, 0.5) is 5.69 Å². The van der Waals surface area contributed by atoms with Crippen LogP contribution in [-0.4, -0.2) is 114 Å². The van der Waals surface area contributed by atoms with Crippen LogP contribution in [0, 0.1) is 13.8 Å². The third kappa shape index (κ3) is 25.2. The summed E-state index contributed by atoms with van der Waals surface area (Å²) in [6, 6.07) is 63.5. The molecular formula is C80H90N4NaO19S4-. The summed E-state index contributed by atoms with van der Waals surface area (Å²) < 4.78 is 169. The van der Waals surface area contributed by atoms with Gasteiger partial charge < -0.3 is 52.2 Å². The van der Waals surface area contributed by atoms with Crippen molar-refractivity contribution in [3.8, 4) is 50.3 Å². The molecule has 13 rings (SSSR count). The average molecular weight is 1560 g/mol. The molecule has 0 bridgehead atoms. The molecule has 28 heteroatoms. The molecule has 0 unspecified atom stereocenters. The summed E-state index contributed by atoms with van der Waals surface area (Å²) in [6.07, 6.45) is 6.09. The van der Waals surface area contributed by atoms with Crippen molar-refractivity contribution < 1.29 is 124 Å². The molecule has 0 spiro atoms. The first kappa shape index (κ1) is 85.4. The van der Waals surface area contributed by atoms with Crippen molar-refractivity contribution in [2.45, 2.75) is 106 Å². The molecule has 0 amide bonds. The molecule has 2 aliphatic rings. The number of nitrogens with zero attached hydrogens (tertiary/aromatic N) is 4. The van der Waals surface area contributed by atoms with Gasteiger partial charge in [0.2, 0.25) is 17.0 Å². The smallest absolute Gasteiger partial charge is 1.00 e. The molecule has 3 aromatic heterocycles. The van der Waals surface area contributed by atoms with Crippen LogP contribution in [0.3, 0.4) is 0 Å². The summed E-state index contributed by atoms with van der Waals surface area (Å²) >= 11 is 0. The number of anilines is 1. The Morgan fingerprint density at radius 2 is 1.00 bits per heavy atom. The molecule has 1 saturated heterocycles. The van der Waals surface area contributed by atoms with E-state index in [1.54, 1.807) is 0 Å². The first-order valence-electron chi connectivity index (χ1n) is 35.3. The summed E-state index contributed by atoms with van der Waals surface area (Å²) in [6.45, 7) is 16.5. The molecule has 5 heterocycles. The first-order chi connectivity index (χ1) is 51.2. The van der Waals surface area contributed by atoms with Gasteiger partial charge in [0.25, 0.3) is 27.1 Å². The van der Waals surface area contributed by atoms with Gasteiger partial charge in [0.15, 0.2) is 30.3 Å². The van der Waals surface area contributed by atoms with Crippen LogP contribution in [-0.2, 0) is 72.0 Å². The minimum Gasteiger partial charge on any atom is -1.00 e. The molecule has 0 radical (unpaired) electrons. The number of aromatic nitrogens is 3. The monoisotopic (exact) mass is 1560 g/mol. The van der Waals surface area contributed by atoms with E-state index in [1.807, 2.05) is 245 Å². The molecule has 0 saturated carbocycles. The summed E-state index contributed by atoms with van der Waals surface area (Å²) in [7, 11) is -16.0. The van der Waals surface area contributed by atoms with Crippen LogP contribution in [0.2, 0.25) is 0 Å². The van der Waals surface area contributed by atoms with E-state index in [9.17, 15) is 47.3 Å². The summed E-state index contributed by atoms with van der Waals surface area (Å²) in [4.78, 5) is 6.20. The molecular weight excluding hydrogens is 1470 g/mol. The van der Waals surface area contributed by atoms with Crippen LogP contribution >= 0.6 is 0 Å². The van der Waals surface area contributed by atoms with Crippen molar-refractivity contribution in [1.82, 2.24) is 4.98 Å². The van der Waals surface area contributed by atoms with Gasteiger partial charge in [-0.25, -0.2) is 30.2 Å². The molecule has 1 fully saturated rings. The molecule has 23 nitrogen and oxygen atoms in total. The fourth-order valence-corrected chi connectivity index (χ4v) is 14.4. The second kappa shape index (κ2) is 39.9. The van der Waals surface area contributed by atoms with E-state index in [0.29, 0.717) is 87.1 Å². The SMILES string of the molecule is CCC(=Cc1oc2ccc(-c3ccccc3)cc2[n+]1CCCS(=O)(=O)[O-])C=C1Oc2ccc(-c3ccccc3)cc2N1CCCS(=O)(=O)[O-].CCOC(CC)(OCC)OCC.Cc1nc2cc(-c3ccccc3)ccc2o1.Cc1oc2ccc(-c3ccccc3)cc2[n+]1CCCS(=O)(=O)[O-].O=S1(=O)CCCO1.[2H-].[Na+]. The number of fused-ring (bicyclic) bond motifs is 4. The topological polar surface area (TPSA) is 315 Å². The summed E-state index contributed by atoms with van der Waals surface area (Å²) in [5, 5.41) is 0. The normalized spacial score (nSPS) is 13.8. The van der Waals surface area contributed by atoms with Gasteiger partial charge in [0.1, 0.15) is 5.52 Å². The number of oxazole rings is 3. The number of ether oxygens (including phenoxy) is 4. The van der Waals surface area contributed by atoms with E-state index in [-0.39, 0.29) is 74.8 Å². The zero-order chi connectivity index (χ0) is 76.8. The maximum absolute atomic E-state index is 11.4. The quantitative estimate of drug-likeness (QED) is 0.0160. The zero-order valence-electron chi connectivity index (χ0n) is 62.8. The maximum atomic E-state index is 11.4. The van der Waals surface area contributed by atoms with Crippen molar-refractivity contribution >= 4 is 85.5 Å². The fraction of sp³-hybridized carbons (Fsp3) is 0.312. The van der Waals surface area contributed by atoms with Crippen LogP contribution in [0.15, 0.2) is 225 Å². The van der Waals surface area contributed by atoms with Gasteiger partial charge in [0, 0.05) is 88.0 Å². The predicted octanol–water partition coefficient (Wildman–Crippen LogP) is 11.9. The van der Waals surface area contributed by atoms with Crippen molar-refractivity contribution in [1.29, 1.82) is 0 Å². The van der Waals surface area contributed by atoms with Gasteiger partial charge in [-0.3, -0.25) is 4.18 Å². The van der Waals surface area contributed by atoms with Crippen LogP contribution in [0.25, 0.3) is 83.9 Å². The number of allylic oxidation sites excluding steroid dienone is 2. The molecule has 0 atom stereocenters. The van der Waals surface area contributed by atoms with Crippen LogP contribution in [0.5, 0.6) is 5.75 Å². The Kier molecular flexibility index (Phi) is 31.6. The Morgan fingerprint density at radius 1 is 0.556 bits per heavy atom. The van der Waals surface area contributed by atoms with Gasteiger partial charge >= 0.3 is 41.3 Å². The average Bonchev–Trinajstić information content (AvgIpc) is 1.66. The van der Waals surface area contributed by atoms with E-state index in [1.165, 1.54) is 11.1 Å². The van der Waals surface area contributed by atoms with Gasteiger partial charge in [-0.05, 0) is 127 Å². The summed E-state index contributed by atoms with van der Waals surface area (Å²) in [5.74, 6) is 0.918. The van der Waals surface area contributed by atoms with Gasteiger partial charge in [0.05, 0.1) is 61.4 Å². The number of benzene rings is 8. The largest absolute Gasteiger partial charge is 1.00 e.